The number of nitrogens with one attached hydrogen (secondary N) is 1. The quantitative estimate of drug-likeness (QED) is 0.893. The number of anilines is 1. The second-order valence-electron chi connectivity index (χ2n) is 4.34. The van der Waals surface area contributed by atoms with E-state index in [0.717, 1.165) is 15.7 Å². The van der Waals surface area contributed by atoms with Crippen LogP contribution in [0.15, 0.2) is 33.2 Å². The molecule has 0 radical (unpaired) electrons. The molecule has 0 aliphatic carbocycles. The van der Waals surface area contributed by atoms with Crippen molar-refractivity contribution in [2.24, 2.45) is 0 Å². The largest absolute Gasteiger partial charge is 0.475 e. The molecule has 0 saturated heterocycles. The average molecular weight is 324 g/mol. The predicted octanol–water partition coefficient (Wildman–Crippen LogP) is 3.97. The Bertz CT molecular complexity index is 619. The van der Waals surface area contributed by atoms with Crippen LogP contribution in [-0.4, -0.2) is 11.1 Å². The number of benzene rings is 1. The van der Waals surface area contributed by atoms with E-state index in [1.54, 1.807) is 13.0 Å². The van der Waals surface area contributed by atoms with E-state index < -0.39 is 5.97 Å². The molecule has 0 aliphatic rings. The summed E-state index contributed by atoms with van der Waals surface area (Å²) in [5, 5.41) is 12.1. The number of carbonyl (C=O) groups is 1. The third-order valence-electron chi connectivity index (χ3n) is 2.80. The lowest BCUT2D eigenvalue weighted by Crippen LogP contribution is -2.00. The zero-order valence-electron chi connectivity index (χ0n) is 10.7. The second kappa shape index (κ2) is 5.48. The summed E-state index contributed by atoms with van der Waals surface area (Å²) in [7, 11) is 0. The van der Waals surface area contributed by atoms with Gasteiger partial charge in [-0.1, -0.05) is 15.9 Å². The van der Waals surface area contributed by atoms with E-state index >= 15 is 0 Å². The van der Waals surface area contributed by atoms with Gasteiger partial charge < -0.3 is 14.8 Å². The summed E-state index contributed by atoms with van der Waals surface area (Å²) in [4.78, 5) is 10.9. The molecule has 0 aliphatic heterocycles. The van der Waals surface area contributed by atoms with Crippen LogP contribution in [0.3, 0.4) is 0 Å². The monoisotopic (exact) mass is 323 g/mol. The zero-order chi connectivity index (χ0) is 14.0. The van der Waals surface area contributed by atoms with Crippen LogP contribution >= 0.6 is 15.9 Å². The molecular formula is C14H14BrNO3. The molecule has 2 N–H and O–H groups in total. The normalized spacial score (nSPS) is 10.5. The molecule has 0 bridgehead atoms. The van der Waals surface area contributed by atoms with Gasteiger partial charge in [0.25, 0.3) is 0 Å². The number of furan rings is 1. The molecule has 2 rings (SSSR count). The smallest absolute Gasteiger partial charge is 0.372 e. The third-order valence-corrected chi connectivity index (χ3v) is 3.30. The predicted molar refractivity (Wildman–Crippen MR) is 76.6 cm³/mol. The van der Waals surface area contributed by atoms with Gasteiger partial charge in [0.05, 0.1) is 6.54 Å². The topological polar surface area (TPSA) is 62.5 Å². The Morgan fingerprint density at radius 3 is 2.63 bits per heavy atom. The van der Waals surface area contributed by atoms with Gasteiger partial charge in [0.1, 0.15) is 5.76 Å². The first kappa shape index (κ1) is 13.7. The summed E-state index contributed by atoms with van der Waals surface area (Å²) in [6.45, 7) is 4.18. The summed E-state index contributed by atoms with van der Waals surface area (Å²) in [6, 6.07) is 7.67. The van der Waals surface area contributed by atoms with E-state index in [4.69, 9.17) is 9.52 Å². The van der Waals surface area contributed by atoms with Crippen LogP contribution in [0, 0.1) is 13.8 Å². The summed E-state index contributed by atoms with van der Waals surface area (Å²) in [6.07, 6.45) is 0. The van der Waals surface area contributed by atoms with Gasteiger partial charge in [0.2, 0.25) is 5.76 Å². The maximum Gasteiger partial charge on any atom is 0.372 e. The van der Waals surface area contributed by atoms with E-state index in [1.165, 1.54) is 0 Å². The van der Waals surface area contributed by atoms with E-state index in [0.29, 0.717) is 17.9 Å². The second-order valence-corrected chi connectivity index (χ2v) is 5.26. The fraction of sp³-hybridized carbons (Fsp3) is 0.214. The van der Waals surface area contributed by atoms with Gasteiger partial charge in [0.15, 0.2) is 0 Å². The zero-order valence-corrected chi connectivity index (χ0v) is 12.2. The van der Waals surface area contributed by atoms with Crippen LogP contribution in [0.5, 0.6) is 0 Å². The average Bonchev–Trinajstić information content (AvgIpc) is 2.69. The highest BCUT2D eigenvalue weighted by Gasteiger charge is 2.14. The van der Waals surface area contributed by atoms with Gasteiger partial charge >= 0.3 is 5.97 Å². The highest BCUT2D eigenvalue weighted by atomic mass is 79.9. The summed E-state index contributed by atoms with van der Waals surface area (Å²) >= 11 is 3.41. The minimum absolute atomic E-state index is 0.00401. The van der Waals surface area contributed by atoms with Crippen LogP contribution in [0.4, 0.5) is 5.69 Å². The van der Waals surface area contributed by atoms with Crippen molar-refractivity contribution in [3.8, 4) is 0 Å². The standard InChI is InChI=1S/C14H14BrNO3/c1-8-5-10(15)3-4-12(8)16-7-11-6-9(2)13(19-11)14(17)18/h3-6,16H,7H2,1-2H3,(H,17,18). The van der Waals surface area contributed by atoms with Gasteiger partial charge in [-0.2, -0.15) is 0 Å². The van der Waals surface area contributed by atoms with Crippen molar-refractivity contribution in [1.29, 1.82) is 0 Å². The SMILES string of the molecule is Cc1cc(Br)ccc1NCc1cc(C)c(C(=O)O)o1. The van der Waals surface area contributed by atoms with Gasteiger partial charge in [-0.25, -0.2) is 4.79 Å². The Morgan fingerprint density at radius 2 is 2.05 bits per heavy atom. The Labute approximate surface area is 119 Å². The Hall–Kier alpha value is -1.75. The minimum atomic E-state index is -1.04. The maximum absolute atomic E-state index is 10.9. The molecule has 1 aromatic heterocycles. The Kier molecular flexibility index (Phi) is 3.95. The molecule has 0 amide bonds. The van der Waals surface area contributed by atoms with Crippen molar-refractivity contribution in [1.82, 2.24) is 0 Å². The van der Waals surface area contributed by atoms with E-state index in [1.807, 2.05) is 25.1 Å². The molecular weight excluding hydrogens is 310 g/mol. The van der Waals surface area contributed by atoms with Crippen LogP contribution in [-0.2, 0) is 6.54 Å². The number of carboxylic acids is 1. The summed E-state index contributed by atoms with van der Waals surface area (Å²) in [5.74, 6) is -0.426. The van der Waals surface area contributed by atoms with E-state index in [-0.39, 0.29) is 5.76 Å². The number of rotatable bonds is 4. The molecule has 4 nitrogen and oxygen atoms in total. The van der Waals surface area contributed by atoms with Crippen LogP contribution < -0.4 is 5.32 Å². The van der Waals surface area contributed by atoms with E-state index in [2.05, 4.69) is 21.2 Å². The van der Waals surface area contributed by atoms with Crippen LogP contribution in [0.2, 0.25) is 0 Å². The molecule has 1 aromatic carbocycles. The van der Waals surface area contributed by atoms with Crippen molar-refractivity contribution in [3.05, 3.63) is 51.4 Å². The molecule has 0 fully saturated rings. The van der Waals surface area contributed by atoms with Crippen molar-refractivity contribution in [2.45, 2.75) is 20.4 Å². The fourth-order valence-corrected chi connectivity index (χ4v) is 2.33. The Balaban J connectivity index is 2.10. The van der Waals surface area contributed by atoms with Gasteiger partial charge in [-0.3, -0.25) is 0 Å². The van der Waals surface area contributed by atoms with Crippen LogP contribution in [0.25, 0.3) is 0 Å². The first-order valence-corrected chi connectivity index (χ1v) is 6.59. The number of hydrogen-bond acceptors (Lipinski definition) is 3. The number of halogens is 1. The molecule has 0 saturated carbocycles. The minimum Gasteiger partial charge on any atom is -0.475 e. The van der Waals surface area contributed by atoms with E-state index in [9.17, 15) is 4.79 Å². The molecule has 5 heteroatoms. The first-order chi connectivity index (χ1) is 8.97. The Morgan fingerprint density at radius 1 is 1.32 bits per heavy atom. The number of carboxylic acid groups (broad SMARTS) is 1. The van der Waals surface area contributed by atoms with Crippen molar-refractivity contribution >= 4 is 27.6 Å². The fourth-order valence-electron chi connectivity index (χ4n) is 1.86. The van der Waals surface area contributed by atoms with Gasteiger partial charge in [-0.15, -0.1) is 0 Å². The molecule has 19 heavy (non-hydrogen) atoms. The molecule has 0 spiro atoms. The number of aromatic carboxylic acids is 1. The number of hydrogen-bond donors (Lipinski definition) is 2. The lowest BCUT2D eigenvalue weighted by Gasteiger charge is -2.08. The molecule has 1 heterocycles. The highest BCUT2D eigenvalue weighted by Crippen LogP contribution is 2.21. The summed E-state index contributed by atoms with van der Waals surface area (Å²) < 4.78 is 6.32. The lowest BCUT2D eigenvalue weighted by atomic mass is 10.2. The van der Waals surface area contributed by atoms with Gasteiger partial charge in [0, 0.05) is 15.7 Å². The number of aryl methyl sites for hydroxylation is 2. The highest BCUT2D eigenvalue weighted by molar-refractivity contribution is 9.10. The molecule has 0 atom stereocenters. The van der Waals surface area contributed by atoms with Crippen molar-refractivity contribution in [2.75, 3.05) is 5.32 Å². The maximum atomic E-state index is 10.9. The third kappa shape index (κ3) is 3.17. The molecule has 0 unspecified atom stereocenters. The van der Waals surface area contributed by atoms with Crippen molar-refractivity contribution < 1.29 is 14.3 Å². The van der Waals surface area contributed by atoms with Crippen molar-refractivity contribution in [3.63, 3.8) is 0 Å². The first-order valence-electron chi connectivity index (χ1n) is 5.80. The summed E-state index contributed by atoms with van der Waals surface area (Å²) in [5.41, 5.74) is 2.74. The molecule has 100 valence electrons. The van der Waals surface area contributed by atoms with Gasteiger partial charge in [-0.05, 0) is 43.7 Å². The lowest BCUT2D eigenvalue weighted by molar-refractivity contribution is 0.0659. The van der Waals surface area contributed by atoms with Crippen LogP contribution in [0.1, 0.15) is 27.4 Å². The molecule has 2 aromatic rings.